The first-order valence-electron chi connectivity index (χ1n) is 6.90. The molecular weight excluding hydrogens is 246 g/mol. The van der Waals surface area contributed by atoms with Gasteiger partial charge in [-0.05, 0) is 43.1 Å². The Morgan fingerprint density at radius 3 is 2.21 bits per heavy atom. The van der Waals surface area contributed by atoms with E-state index in [9.17, 15) is 13.9 Å². The monoisotopic (exact) mass is 268 g/mol. The lowest BCUT2D eigenvalue weighted by molar-refractivity contribution is -0.0323. The Morgan fingerprint density at radius 2 is 1.74 bits per heavy atom. The van der Waals surface area contributed by atoms with Crippen molar-refractivity contribution in [1.82, 2.24) is 0 Å². The zero-order chi connectivity index (χ0) is 14.3. The third-order valence-corrected chi connectivity index (χ3v) is 4.47. The molecule has 0 spiro atoms. The average molecular weight is 268 g/mol. The molecule has 19 heavy (non-hydrogen) atoms. The van der Waals surface area contributed by atoms with Crippen LogP contribution in [0.4, 0.5) is 8.78 Å². The third kappa shape index (κ3) is 2.97. The van der Waals surface area contributed by atoms with E-state index in [2.05, 4.69) is 20.8 Å². The molecule has 106 valence electrons. The van der Waals surface area contributed by atoms with Gasteiger partial charge < -0.3 is 5.11 Å². The van der Waals surface area contributed by atoms with E-state index in [1.165, 1.54) is 12.1 Å². The lowest BCUT2D eigenvalue weighted by Crippen LogP contribution is -2.36. The molecule has 3 heteroatoms. The Morgan fingerprint density at radius 1 is 1.16 bits per heavy atom. The Bertz CT molecular complexity index is 454. The molecule has 1 nitrogen and oxygen atoms in total. The molecular formula is C16H22F2O. The number of benzene rings is 1. The average Bonchev–Trinajstić information content (AvgIpc) is 2.27. The first-order chi connectivity index (χ1) is 8.72. The van der Waals surface area contributed by atoms with Crippen LogP contribution in [0.3, 0.4) is 0 Å². The van der Waals surface area contributed by atoms with Gasteiger partial charge in [-0.1, -0.05) is 26.8 Å². The van der Waals surface area contributed by atoms with E-state index in [1.807, 2.05) is 0 Å². The molecule has 2 rings (SSSR count). The minimum Gasteiger partial charge on any atom is -0.385 e. The van der Waals surface area contributed by atoms with Gasteiger partial charge in [0.1, 0.15) is 11.6 Å². The zero-order valence-electron chi connectivity index (χ0n) is 11.8. The molecule has 1 aliphatic carbocycles. The summed E-state index contributed by atoms with van der Waals surface area (Å²) in [6, 6.07) is 3.44. The summed E-state index contributed by atoms with van der Waals surface area (Å²) in [6.07, 6.45) is 2.82. The second-order valence-corrected chi connectivity index (χ2v) is 6.80. The zero-order valence-corrected chi connectivity index (χ0v) is 11.8. The standard InChI is InChI=1S/C16H22F2O/c1-15(2,3)11-6-8-16(19,9-7-11)13-5-4-12(17)10-14(13)18/h4-5,10-11,19H,6-9H2,1-3H3. The quantitative estimate of drug-likeness (QED) is 0.801. The molecule has 1 N–H and O–H groups in total. The van der Waals surface area contributed by atoms with Gasteiger partial charge in [0.2, 0.25) is 0 Å². The lowest BCUT2D eigenvalue weighted by Gasteiger charge is -2.41. The Labute approximate surface area is 113 Å². The van der Waals surface area contributed by atoms with E-state index in [0.29, 0.717) is 18.8 Å². The number of halogens is 2. The Balaban J connectivity index is 2.18. The van der Waals surface area contributed by atoms with Gasteiger partial charge in [0, 0.05) is 11.6 Å². The third-order valence-electron chi connectivity index (χ3n) is 4.47. The molecule has 0 radical (unpaired) electrons. The van der Waals surface area contributed by atoms with Gasteiger partial charge in [-0.2, -0.15) is 0 Å². The number of rotatable bonds is 1. The SMILES string of the molecule is CC(C)(C)C1CCC(O)(c2ccc(F)cc2F)CC1. The fraction of sp³-hybridized carbons (Fsp3) is 0.625. The highest BCUT2D eigenvalue weighted by Crippen LogP contribution is 2.45. The minimum atomic E-state index is -1.14. The first kappa shape index (κ1) is 14.4. The molecule has 0 amide bonds. The summed E-state index contributed by atoms with van der Waals surface area (Å²) < 4.78 is 26.7. The van der Waals surface area contributed by atoms with Crippen LogP contribution in [0.25, 0.3) is 0 Å². The number of hydrogen-bond donors (Lipinski definition) is 1. The van der Waals surface area contributed by atoms with Crippen LogP contribution in [-0.2, 0) is 5.60 Å². The summed E-state index contributed by atoms with van der Waals surface area (Å²) in [4.78, 5) is 0. The van der Waals surface area contributed by atoms with Crippen LogP contribution in [0.15, 0.2) is 18.2 Å². The van der Waals surface area contributed by atoms with Crippen LogP contribution in [0.2, 0.25) is 0 Å². The van der Waals surface area contributed by atoms with Crippen molar-refractivity contribution in [1.29, 1.82) is 0 Å². The van der Waals surface area contributed by atoms with Crippen LogP contribution >= 0.6 is 0 Å². The van der Waals surface area contributed by atoms with Gasteiger partial charge >= 0.3 is 0 Å². The highest BCUT2D eigenvalue weighted by Gasteiger charge is 2.39. The largest absolute Gasteiger partial charge is 0.385 e. The summed E-state index contributed by atoms with van der Waals surface area (Å²) in [7, 11) is 0. The van der Waals surface area contributed by atoms with E-state index in [0.717, 1.165) is 18.9 Å². The fourth-order valence-electron chi connectivity index (χ4n) is 3.10. The molecule has 1 aromatic carbocycles. The van der Waals surface area contributed by atoms with Gasteiger partial charge in [-0.15, -0.1) is 0 Å². The van der Waals surface area contributed by atoms with Crippen molar-refractivity contribution >= 4 is 0 Å². The summed E-state index contributed by atoms with van der Waals surface area (Å²) in [5.41, 5.74) is -0.691. The summed E-state index contributed by atoms with van der Waals surface area (Å²) in [5.74, 6) is -0.707. The van der Waals surface area contributed by atoms with E-state index in [4.69, 9.17) is 0 Å². The van der Waals surface area contributed by atoms with Gasteiger partial charge in [0.25, 0.3) is 0 Å². The van der Waals surface area contributed by atoms with E-state index >= 15 is 0 Å². The normalized spacial score (nSPS) is 28.4. The number of hydrogen-bond acceptors (Lipinski definition) is 1. The highest BCUT2D eigenvalue weighted by molar-refractivity contribution is 5.25. The molecule has 1 aromatic rings. The van der Waals surface area contributed by atoms with Crippen molar-refractivity contribution in [2.24, 2.45) is 11.3 Å². The van der Waals surface area contributed by atoms with Gasteiger partial charge in [0.05, 0.1) is 5.60 Å². The topological polar surface area (TPSA) is 20.2 Å². The van der Waals surface area contributed by atoms with Crippen LogP contribution in [0.1, 0.15) is 52.0 Å². The molecule has 1 saturated carbocycles. The number of aliphatic hydroxyl groups is 1. The molecule has 0 atom stereocenters. The maximum atomic E-state index is 13.8. The van der Waals surface area contributed by atoms with Crippen molar-refractivity contribution in [2.75, 3.05) is 0 Å². The van der Waals surface area contributed by atoms with Crippen LogP contribution < -0.4 is 0 Å². The van der Waals surface area contributed by atoms with Gasteiger partial charge in [0.15, 0.2) is 0 Å². The van der Waals surface area contributed by atoms with Crippen LogP contribution in [-0.4, -0.2) is 5.11 Å². The van der Waals surface area contributed by atoms with Crippen molar-refractivity contribution in [3.63, 3.8) is 0 Å². The second kappa shape index (κ2) is 4.86. The molecule has 0 aromatic heterocycles. The highest BCUT2D eigenvalue weighted by atomic mass is 19.1. The van der Waals surface area contributed by atoms with Crippen molar-refractivity contribution in [3.05, 3.63) is 35.4 Å². The van der Waals surface area contributed by atoms with E-state index < -0.39 is 17.2 Å². The summed E-state index contributed by atoms with van der Waals surface area (Å²) in [6.45, 7) is 6.58. The second-order valence-electron chi connectivity index (χ2n) is 6.80. The van der Waals surface area contributed by atoms with E-state index in [-0.39, 0.29) is 11.0 Å². The maximum absolute atomic E-state index is 13.8. The molecule has 1 fully saturated rings. The van der Waals surface area contributed by atoms with Crippen molar-refractivity contribution in [2.45, 2.75) is 52.1 Å². The molecule has 0 saturated heterocycles. The van der Waals surface area contributed by atoms with Crippen molar-refractivity contribution in [3.8, 4) is 0 Å². The smallest absolute Gasteiger partial charge is 0.132 e. The van der Waals surface area contributed by atoms with Crippen molar-refractivity contribution < 1.29 is 13.9 Å². The molecule has 0 unspecified atom stereocenters. The van der Waals surface area contributed by atoms with Crippen LogP contribution in [0.5, 0.6) is 0 Å². The van der Waals surface area contributed by atoms with Gasteiger partial charge in [-0.25, -0.2) is 8.78 Å². The predicted molar refractivity (Wildman–Crippen MR) is 71.7 cm³/mol. The molecule has 1 aliphatic rings. The molecule has 0 aliphatic heterocycles. The Hall–Kier alpha value is -0.960. The summed E-state index contributed by atoms with van der Waals surface area (Å²) in [5, 5.41) is 10.6. The molecule has 0 heterocycles. The predicted octanol–water partition coefficient (Wildman–Crippen LogP) is 4.39. The van der Waals surface area contributed by atoms with Crippen LogP contribution in [0, 0.1) is 23.0 Å². The Kier molecular flexibility index (Phi) is 3.69. The lowest BCUT2D eigenvalue weighted by atomic mass is 9.67. The summed E-state index contributed by atoms with van der Waals surface area (Å²) >= 11 is 0. The molecule has 0 bridgehead atoms. The van der Waals surface area contributed by atoms with E-state index in [1.54, 1.807) is 0 Å². The minimum absolute atomic E-state index is 0.211. The fourth-order valence-corrected chi connectivity index (χ4v) is 3.10. The van der Waals surface area contributed by atoms with Gasteiger partial charge in [-0.3, -0.25) is 0 Å². The first-order valence-corrected chi connectivity index (χ1v) is 6.90. The maximum Gasteiger partial charge on any atom is 0.132 e.